The van der Waals surface area contributed by atoms with Gasteiger partial charge >= 0.3 is 0 Å². The molecule has 0 spiro atoms. The molecule has 1 amide bonds. The lowest BCUT2D eigenvalue weighted by atomic mass is 10.2. The van der Waals surface area contributed by atoms with E-state index < -0.39 is 4.92 Å². The van der Waals surface area contributed by atoms with Crippen LogP contribution in [0.4, 0.5) is 5.69 Å². The fourth-order valence-corrected chi connectivity index (χ4v) is 2.45. The molecule has 0 aliphatic heterocycles. The van der Waals surface area contributed by atoms with Gasteiger partial charge in [0.15, 0.2) is 0 Å². The Kier molecular flexibility index (Phi) is 5.30. The highest BCUT2D eigenvalue weighted by atomic mass is 16.6. The Morgan fingerprint density at radius 2 is 1.92 bits per heavy atom. The summed E-state index contributed by atoms with van der Waals surface area (Å²) in [5, 5.41) is 18.0. The first-order valence-electron chi connectivity index (χ1n) is 7.69. The predicted molar refractivity (Wildman–Crippen MR) is 89.7 cm³/mol. The van der Waals surface area contributed by atoms with Gasteiger partial charge in [0.1, 0.15) is 0 Å². The molecular formula is C16H22N5O3+. The molecule has 8 heteroatoms. The number of carbonyl (C=O) groups is 1. The average molecular weight is 332 g/mol. The van der Waals surface area contributed by atoms with Crippen LogP contribution in [0, 0.1) is 24.0 Å². The highest BCUT2D eigenvalue weighted by molar-refractivity contribution is 5.96. The number of aromatic nitrogens is 2. The number of nitrogens with one attached hydrogen (secondary N) is 2. The topological polar surface area (TPSA) is 94.5 Å². The largest absolute Gasteiger partial charge is 0.346 e. The van der Waals surface area contributed by atoms with Crippen molar-refractivity contribution in [1.29, 1.82) is 0 Å². The fraction of sp³-hybridized carbons (Fsp3) is 0.375. The number of hydrogen-bond acceptors (Lipinski definition) is 4. The fourth-order valence-electron chi connectivity index (χ4n) is 2.45. The standard InChI is InChI=1S/C16H21N5O3/c1-11-15(16(22)17-9-10-19(3)4)12(2)20(18-11)13-5-7-14(8-6-13)21(23)24/h5-8H,9-10H2,1-4H3,(H,17,22)/p+1. The molecule has 0 bridgehead atoms. The number of nitro groups is 1. The number of non-ortho nitro benzene ring substituents is 1. The van der Waals surface area contributed by atoms with Gasteiger partial charge in [0.2, 0.25) is 0 Å². The summed E-state index contributed by atoms with van der Waals surface area (Å²) in [5.74, 6) is -0.153. The Bertz CT molecular complexity index is 750. The van der Waals surface area contributed by atoms with Crippen molar-refractivity contribution in [2.45, 2.75) is 13.8 Å². The van der Waals surface area contributed by atoms with Crippen LogP contribution in [0.15, 0.2) is 24.3 Å². The van der Waals surface area contributed by atoms with Gasteiger partial charge in [-0.3, -0.25) is 14.9 Å². The number of aryl methyl sites for hydroxylation is 1. The van der Waals surface area contributed by atoms with Crippen LogP contribution in [0.5, 0.6) is 0 Å². The third-order valence-corrected chi connectivity index (χ3v) is 3.73. The maximum absolute atomic E-state index is 12.4. The summed E-state index contributed by atoms with van der Waals surface area (Å²) < 4.78 is 1.63. The van der Waals surface area contributed by atoms with Gasteiger partial charge in [0.05, 0.1) is 54.7 Å². The van der Waals surface area contributed by atoms with Gasteiger partial charge in [0.25, 0.3) is 11.6 Å². The first-order chi connectivity index (χ1) is 11.3. The number of benzene rings is 1. The number of hydrogen-bond donors (Lipinski definition) is 2. The highest BCUT2D eigenvalue weighted by Crippen LogP contribution is 2.20. The van der Waals surface area contributed by atoms with Gasteiger partial charge in [-0.2, -0.15) is 5.10 Å². The number of nitro benzene ring substituents is 1. The summed E-state index contributed by atoms with van der Waals surface area (Å²) in [7, 11) is 4.05. The molecule has 0 fully saturated rings. The molecule has 2 rings (SSSR count). The molecule has 1 heterocycles. The van der Waals surface area contributed by atoms with Crippen molar-refractivity contribution >= 4 is 11.6 Å². The molecule has 1 aromatic carbocycles. The molecule has 2 N–H and O–H groups in total. The normalized spacial score (nSPS) is 10.9. The lowest BCUT2D eigenvalue weighted by molar-refractivity contribution is -0.856. The van der Waals surface area contributed by atoms with Crippen LogP contribution in [-0.4, -0.2) is 47.8 Å². The third-order valence-electron chi connectivity index (χ3n) is 3.73. The number of quaternary nitrogens is 1. The Labute approximate surface area is 140 Å². The van der Waals surface area contributed by atoms with E-state index in [4.69, 9.17) is 0 Å². The molecule has 1 aromatic heterocycles. The maximum atomic E-state index is 12.4. The zero-order valence-corrected chi connectivity index (χ0v) is 14.3. The minimum atomic E-state index is -0.448. The minimum Gasteiger partial charge on any atom is -0.346 e. The molecule has 128 valence electrons. The van der Waals surface area contributed by atoms with E-state index in [-0.39, 0.29) is 11.6 Å². The van der Waals surface area contributed by atoms with Crippen molar-refractivity contribution in [2.75, 3.05) is 27.2 Å². The molecule has 0 unspecified atom stereocenters. The smallest absolute Gasteiger partial charge is 0.269 e. The van der Waals surface area contributed by atoms with E-state index in [1.165, 1.54) is 17.0 Å². The van der Waals surface area contributed by atoms with Crippen molar-refractivity contribution < 1.29 is 14.6 Å². The van der Waals surface area contributed by atoms with E-state index in [9.17, 15) is 14.9 Å². The first-order valence-corrected chi connectivity index (χ1v) is 7.69. The summed E-state index contributed by atoms with van der Waals surface area (Å²) in [5.41, 5.74) is 2.57. The van der Waals surface area contributed by atoms with Crippen LogP contribution in [-0.2, 0) is 0 Å². The van der Waals surface area contributed by atoms with Gasteiger partial charge < -0.3 is 10.2 Å². The van der Waals surface area contributed by atoms with Crippen LogP contribution in [0.3, 0.4) is 0 Å². The van der Waals surface area contributed by atoms with Crippen LogP contribution in [0.1, 0.15) is 21.7 Å². The second kappa shape index (κ2) is 7.22. The van der Waals surface area contributed by atoms with Gasteiger partial charge in [-0.05, 0) is 26.0 Å². The Balaban J connectivity index is 2.25. The SMILES string of the molecule is Cc1nn(-c2ccc([N+](=O)[O-])cc2)c(C)c1C(=O)NCC[NH+](C)C. The maximum Gasteiger partial charge on any atom is 0.269 e. The molecule has 0 saturated heterocycles. The van der Waals surface area contributed by atoms with Crippen LogP contribution in [0.2, 0.25) is 0 Å². The highest BCUT2D eigenvalue weighted by Gasteiger charge is 2.19. The summed E-state index contributed by atoms with van der Waals surface area (Å²) >= 11 is 0. The lowest BCUT2D eigenvalue weighted by Crippen LogP contribution is -3.06. The van der Waals surface area contributed by atoms with Crippen molar-refractivity contribution in [3.63, 3.8) is 0 Å². The van der Waals surface area contributed by atoms with E-state index in [0.717, 1.165) is 6.54 Å². The average Bonchev–Trinajstić information content (AvgIpc) is 2.81. The van der Waals surface area contributed by atoms with Gasteiger partial charge in [-0.1, -0.05) is 0 Å². The monoisotopic (exact) mass is 332 g/mol. The van der Waals surface area contributed by atoms with Crippen molar-refractivity contribution in [2.24, 2.45) is 0 Å². The predicted octanol–water partition coefficient (Wildman–Crippen LogP) is 0.272. The summed E-state index contributed by atoms with van der Waals surface area (Å²) in [4.78, 5) is 23.9. The number of rotatable bonds is 6. The Morgan fingerprint density at radius 3 is 2.46 bits per heavy atom. The molecule has 0 aliphatic rings. The van der Waals surface area contributed by atoms with E-state index in [1.54, 1.807) is 23.7 Å². The zero-order valence-electron chi connectivity index (χ0n) is 14.3. The molecule has 8 nitrogen and oxygen atoms in total. The Hall–Kier alpha value is -2.74. The molecule has 2 aromatic rings. The lowest BCUT2D eigenvalue weighted by Gasteiger charge is -2.09. The molecule has 0 atom stereocenters. The number of amides is 1. The molecular weight excluding hydrogens is 310 g/mol. The zero-order chi connectivity index (χ0) is 17.9. The molecule has 24 heavy (non-hydrogen) atoms. The quantitative estimate of drug-likeness (QED) is 0.586. The van der Waals surface area contributed by atoms with Crippen molar-refractivity contribution in [3.05, 3.63) is 51.3 Å². The summed E-state index contributed by atoms with van der Waals surface area (Å²) in [6.07, 6.45) is 0. The van der Waals surface area contributed by atoms with Crippen molar-refractivity contribution in [1.82, 2.24) is 15.1 Å². The number of carbonyl (C=O) groups excluding carboxylic acids is 1. The van der Waals surface area contributed by atoms with Gasteiger partial charge in [-0.15, -0.1) is 0 Å². The van der Waals surface area contributed by atoms with E-state index in [0.29, 0.717) is 29.2 Å². The summed E-state index contributed by atoms with van der Waals surface area (Å²) in [6, 6.07) is 6.08. The first kappa shape index (κ1) is 17.6. The van der Waals surface area contributed by atoms with Crippen LogP contribution < -0.4 is 10.2 Å². The third kappa shape index (κ3) is 3.77. The second-order valence-corrected chi connectivity index (χ2v) is 5.94. The van der Waals surface area contributed by atoms with E-state index in [2.05, 4.69) is 10.4 Å². The van der Waals surface area contributed by atoms with Crippen LogP contribution >= 0.6 is 0 Å². The van der Waals surface area contributed by atoms with Crippen molar-refractivity contribution in [3.8, 4) is 5.69 Å². The van der Waals surface area contributed by atoms with Crippen LogP contribution in [0.25, 0.3) is 5.69 Å². The van der Waals surface area contributed by atoms with E-state index >= 15 is 0 Å². The van der Waals surface area contributed by atoms with E-state index in [1.807, 2.05) is 21.0 Å². The molecule has 0 aliphatic carbocycles. The van der Waals surface area contributed by atoms with Gasteiger partial charge in [-0.25, -0.2) is 4.68 Å². The minimum absolute atomic E-state index is 0.0180. The number of likely N-dealkylation sites (N-methyl/N-ethyl adjacent to an activating group) is 1. The second-order valence-electron chi connectivity index (χ2n) is 5.94. The summed E-state index contributed by atoms with van der Waals surface area (Å²) in [6.45, 7) is 5.01. The Morgan fingerprint density at radius 1 is 1.29 bits per heavy atom. The molecule has 0 saturated carbocycles. The van der Waals surface area contributed by atoms with Gasteiger partial charge in [0, 0.05) is 12.1 Å². The molecule has 0 radical (unpaired) electrons. The number of nitrogens with zero attached hydrogens (tertiary/aromatic N) is 3.